The zero-order chi connectivity index (χ0) is 16.2. The molecule has 0 atom stereocenters. The molecule has 4 heteroatoms. The third-order valence-electron chi connectivity index (χ3n) is 3.07. The first-order valence-electron chi connectivity index (χ1n) is 6.59. The zero-order valence-corrected chi connectivity index (χ0v) is 12.5. The minimum absolute atomic E-state index is 0.122. The Bertz CT molecular complexity index is 757. The Kier molecular flexibility index (Phi) is 4.85. The van der Waals surface area contributed by atoms with Crippen molar-refractivity contribution in [2.45, 2.75) is 12.3 Å². The highest BCUT2D eigenvalue weighted by Crippen LogP contribution is 2.34. The van der Waals surface area contributed by atoms with Crippen molar-refractivity contribution in [2.75, 3.05) is 5.73 Å². The number of anilines is 1. The Morgan fingerprint density at radius 3 is 2.55 bits per heavy atom. The summed E-state index contributed by atoms with van der Waals surface area (Å²) in [6, 6.07) is 11.0. The second kappa shape index (κ2) is 6.64. The molecule has 1 nitrogen and oxygen atoms in total. The van der Waals surface area contributed by atoms with Gasteiger partial charge in [0.1, 0.15) is 0 Å². The van der Waals surface area contributed by atoms with E-state index in [1.165, 1.54) is 12.1 Å². The van der Waals surface area contributed by atoms with Crippen LogP contribution in [-0.2, 0) is 5.92 Å². The van der Waals surface area contributed by atoms with Crippen molar-refractivity contribution >= 4 is 17.3 Å². The molecule has 0 amide bonds. The highest BCUT2D eigenvalue weighted by Gasteiger charge is 2.31. The van der Waals surface area contributed by atoms with Gasteiger partial charge in [-0.3, -0.25) is 0 Å². The fraction of sp³-hybridized carbons (Fsp3) is 0.111. The van der Waals surface area contributed by atoms with E-state index in [4.69, 9.17) is 17.3 Å². The summed E-state index contributed by atoms with van der Waals surface area (Å²) in [5.74, 6) is 2.56. The van der Waals surface area contributed by atoms with Crippen molar-refractivity contribution in [3.05, 3.63) is 76.8 Å². The first-order chi connectivity index (χ1) is 10.4. The van der Waals surface area contributed by atoms with Crippen LogP contribution >= 0.6 is 11.6 Å². The maximum Gasteiger partial charge on any atom is 0.277 e. The lowest BCUT2D eigenvalue weighted by molar-refractivity contribution is -0.00109. The van der Waals surface area contributed by atoms with Crippen LogP contribution in [0.25, 0.3) is 0 Å². The lowest BCUT2D eigenvalue weighted by atomic mass is 9.99. The number of allylic oxidation sites excluding steroid dienone is 1. The van der Waals surface area contributed by atoms with Gasteiger partial charge < -0.3 is 5.73 Å². The molecule has 2 aromatic rings. The predicted octanol–water partition coefficient (Wildman–Crippen LogP) is 4.99. The van der Waals surface area contributed by atoms with E-state index in [9.17, 15) is 8.78 Å². The van der Waals surface area contributed by atoms with Crippen LogP contribution in [0, 0.1) is 11.8 Å². The van der Waals surface area contributed by atoms with E-state index >= 15 is 0 Å². The van der Waals surface area contributed by atoms with E-state index in [-0.39, 0.29) is 11.1 Å². The van der Waals surface area contributed by atoms with Crippen LogP contribution in [0.3, 0.4) is 0 Å². The van der Waals surface area contributed by atoms with E-state index in [1.54, 1.807) is 36.4 Å². The number of alkyl halides is 2. The smallest absolute Gasteiger partial charge is 0.277 e. The molecule has 112 valence electrons. The molecule has 2 rings (SSSR count). The molecule has 0 aliphatic carbocycles. The predicted molar refractivity (Wildman–Crippen MR) is 87.0 cm³/mol. The van der Waals surface area contributed by atoms with Crippen molar-refractivity contribution in [3.8, 4) is 11.8 Å². The van der Waals surface area contributed by atoms with Gasteiger partial charge in [-0.1, -0.05) is 47.7 Å². The molecule has 0 bridgehead atoms. The molecule has 0 aromatic heterocycles. The average Bonchev–Trinajstić information content (AvgIpc) is 2.48. The number of hydrogen-bond donors (Lipinski definition) is 1. The topological polar surface area (TPSA) is 26.0 Å². The van der Waals surface area contributed by atoms with Gasteiger partial charge in [-0.25, -0.2) is 8.78 Å². The summed E-state index contributed by atoms with van der Waals surface area (Å²) in [5.41, 5.74) is 6.90. The Balaban J connectivity index is 2.46. The molecule has 0 saturated heterocycles. The van der Waals surface area contributed by atoms with Gasteiger partial charge in [-0.2, -0.15) is 0 Å². The van der Waals surface area contributed by atoms with Crippen LogP contribution in [-0.4, -0.2) is 0 Å². The zero-order valence-electron chi connectivity index (χ0n) is 11.7. The molecule has 0 saturated carbocycles. The summed E-state index contributed by atoms with van der Waals surface area (Å²) in [4.78, 5) is 0. The van der Waals surface area contributed by atoms with Crippen molar-refractivity contribution in [3.63, 3.8) is 0 Å². The number of hydrogen-bond acceptors (Lipinski definition) is 1. The SMILES string of the molecule is C=CCC(F)(F)c1ccccc1C#Cc1cc(Cl)ccc1N. The first kappa shape index (κ1) is 16.1. The summed E-state index contributed by atoms with van der Waals surface area (Å²) in [6.45, 7) is 3.37. The van der Waals surface area contributed by atoms with E-state index in [0.717, 1.165) is 0 Å². The summed E-state index contributed by atoms with van der Waals surface area (Å²) in [7, 11) is 0. The number of nitrogens with two attached hydrogens (primary N) is 1. The van der Waals surface area contributed by atoms with Crippen molar-refractivity contribution in [1.82, 2.24) is 0 Å². The molecule has 0 radical (unpaired) electrons. The van der Waals surface area contributed by atoms with Gasteiger partial charge in [-0.15, -0.1) is 6.58 Å². The standard InChI is InChI=1S/C18H14ClF2N/c1-2-11-18(20,21)16-6-4-3-5-13(16)7-8-14-12-15(19)9-10-17(14)22/h2-6,9-10,12H,1,11,22H2. The minimum Gasteiger partial charge on any atom is -0.398 e. The highest BCUT2D eigenvalue weighted by molar-refractivity contribution is 6.30. The third-order valence-corrected chi connectivity index (χ3v) is 3.30. The van der Waals surface area contributed by atoms with Gasteiger partial charge >= 0.3 is 0 Å². The Morgan fingerprint density at radius 2 is 1.82 bits per heavy atom. The first-order valence-corrected chi connectivity index (χ1v) is 6.97. The molecular weight excluding hydrogens is 304 g/mol. The highest BCUT2D eigenvalue weighted by atomic mass is 35.5. The minimum atomic E-state index is -3.01. The van der Waals surface area contributed by atoms with E-state index in [2.05, 4.69) is 18.4 Å². The Labute approximate surface area is 133 Å². The number of halogens is 3. The van der Waals surface area contributed by atoms with Crippen LogP contribution in [0.4, 0.5) is 14.5 Å². The second-order valence-corrected chi connectivity index (χ2v) is 5.16. The van der Waals surface area contributed by atoms with Crippen LogP contribution < -0.4 is 5.73 Å². The summed E-state index contributed by atoms with van der Waals surface area (Å²) in [5, 5.41) is 0.490. The fourth-order valence-electron chi connectivity index (χ4n) is 1.97. The van der Waals surface area contributed by atoms with Gasteiger partial charge in [0.25, 0.3) is 5.92 Å². The largest absolute Gasteiger partial charge is 0.398 e. The van der Waals surface area contributed by atoms with Gasteiger partial charge in [0.05, 0.1) is 0 Å². The van der Waals surface area contributed by atoms with Crippen LogP contribution in [0.15, 0.2) is 55.1 Å². The number of rotatable bonds is 3. The number of benzene rings is 2. The maximum absolute atomic E-state index is 14.1. The average molecular weight is 318 g/mol. The molecule has 2 aromatic carbocycles. The molecule has 22 heavy (non-hydrogen) atoms. The van der Waals surface area contributed by atoms with Gasteiger partial charge in [0.15, 0.2) is 0 Å². The lowest BCUT2D eigenvalue weighted by Gasteiger charge is -2.16. The van der Waals surface area contributed by atoms with Gasteiger partial charge in [-0.05, 0) is 24.3 Å². The van der Waals surface area contributed by atoms with Gasteiger partial charge in [0, 0.05) is 33.8 Å². The van der Waals surface area contributed by atoms with E-state index < -0.39 is 12.3 Å². The molecule has 0 aliphatic rings. The van der Waals surface area contributed by atoms with E-state index in [0.29, 0.717) is 16.3 Å². The molecule has 0 aliphatic heterocycles. The van der Waals surface area contributed by atoms with Gasteiger partial charge in [0.2, 0.25) is 0 Å². The Morgan fingerprint density at radius 1 is 1.14 bits per heavy atom. The fourth-order valence-corrected chi connectivity index (χ4v) is 2.15. The number of nitrogen functional groups attached to an aromatic ring is 1. The Hall–Kier alpha value is -2.31. The molecule has 0 spiro atoms. The van der Waals surface area contributed by atoms with Crippen molar-refractivity contribution in [1.29, 1.82) is 0 Å². The third kappa shape index (κ3) is 3.66. The summed E-state index contributed by atoms with van der Waals surface area (Å²) in [6.07, 6.45) is 0.754. The monoisotopic (exact) mass is 317 g/mol. The van der Waals surface area contributed by atoms with Crippen molar-refractivity contribution < 1.29 is 8.78 Å². The molecule has 2 N–H and O–H groups in total. The lowest BCUT2D eigenvalue weighted by Crippen LogP contribution is -2.13. The van der Waals surface area contributed by atoms with Crippen LogP contribution in [0.1, 0.15) is 23.1 Å². The summed E-state index contributed by atoms with van der Waals surface area (Å²) >= 11 is 5.89. The molecular formula is C18H14ClF2N. The molecule has 0 unspecified atom stereocenters. The van der Waals surface area contributed by atoms with Crippen LogP contribution in [0.2, 0.25) is 5.02 Å². The van der Waals surface area contributed by atoms with E-state index in [1.807, 2.05) is 0 Å². The second-order valence-electron chi connectivity index (χ2n) is 4.72. The quantitative estimate of drug-likeness (QED) is 0.482. The molecule has 0 heterocycles. The normalized spacial score (nSPS) is 10.7. The summed E-state index contributed by atoms with van der Waals surface area (Å²) < 4.78 is 28.2. The maximum atomic E-state index is 14.1. The van der Waals surface area contributed by atoms with Crippen molar-refractivity contribution in [2.24, 2.45) is 0 Å². The molecule has 0 fully saturated rings. The van der Waals surface area contributed by atoms with Crippen LogP contribution in [0.5, 0.6) is 0 Å².